The van der Waals surface area contributed by atoms with E-state index in [-0.39, 0.29) is 5.69 Å². The van der Waals surface area contributed by atoms with Gasteiger partial charge in [0.15, 0.2) is 5.65 Å². The van der Waals surface area contributed by atoms with Gasteiger partial charge < -0.3 is 4.74 Å². The number of benzene rings is 1. The maximum Gasteiger partial charge on any atom is 0.340 e. The van der Waals surface area contributed by atoms with Crippen molar-refractivity contribution in [3.8, 4) is 0 Å². The lowest BCUT2D eigenvalue weighted by Gasteiger charge is -2.14. The first-order valence-electron chi connectivity index (χ1n) is 7.21. The van der Waals surface area contributed by atoms with E-state index in [0.29, 0.717) is 22.3 Å². The molecule has 0 saturated carbocycles. The van der Waals surface area contributed by atoms with Crippen molar-refractivity contribution in [3.05, 3.63) is 69.7 Å². The summed E-state index contributed by atoms with van der Waals surface area (Å²) in [6.45, 7) is 3.33. The monoisotopic (exact) mass is 326 g/mol. The molecule has 0 N–H and O–H groups in total. The standard InChI is InChI=1S/C16H14N4O4/c1-10-3-4-12(7-14(10)20(22)23)11(2)24-16(21)13-5-6-15-18-17-9-19(15)8-13/h3-9,11H,1-2H3/t11-/m0/s1. The van der Waals surface area contributed by atoms with Crippen LogP contribution in [-0.4, -0.2) is 25.5 Å². The number of ether oxygens (including phenoxy) is 1. The van der Waals surface area contributed by atoms with Gasteiger partial charge in [-0.15, -0.1) is 10.2 Å². The second-order valence-electron chi connectivity index (χ2n) is 5.36. The van der Waals surface area contributed by atoms with Crippen LogP contribution < -0.4 is 0 Å². The summed E-state index contributed by atoms with van der Waals surface area (Å²) in [4.78, 5) is 22.8. The summed E-state index contributed by atoms with van der Waals surface area (Å²) < 4.78 is 7.02. The Labute approximate surface area is 136 Å². The fraction of sp³-hybridized carbons (Fsp3) is 0.188. The molecule has 0 saturated heterocycles. The van der Waals surface area contributed by atoms with Crippen LogP contribution in [0.4, 0.5) is 5.69 Å². The Morgan fingerprint density at radius 2 is 2.12 bits per heavy atom. The minimum atomic E-state index is -0.617. The zero-order chi connectivity index (χ0) is 17.3. The molecule has 2 aromatic heterocycles. The number of rotatable bonds is 4. The van der Waals surface area contributed by atoms with Crippen molar-refractivity contribution in [3.63, 3.8) is 0 Å². The molecule has 0 spiro atoms. The van der Waals surface area contributed by atoms with Gasteiger partial charge in [-0.1, -0.05) is 12.1 Å². The third-order valence-electron chi connectivity index (χ3n) is 3.71. The Bertz CT molecular complexity index is 935. The van der Waals surface area contributed by atoms with Crippen molar-refractivity contribution in [1.29, 1.82) is 0 Å². The van der Waals surface area contributed by atoms with E-state index in [1.165, 1.54) is 12.4 Å². The molecule has 0 aliphatic carbocycles. The molecule has 24 heavy (non-hydrogen) atoms. The molecule has 0 fully saturated rings. The zero-order valence-corrected chi connectivity index (χ0v) is 13.0. The number of carbonyl (C=O) groups excluding carboxylic acids is 1. The average molecular weight is 326 g/mol. The summed E-state index contributed by atoms with van der Waals surface area (Å²) in [5.74, 6) is -0.527. The number of esters is 1. The SMILES string of the molecule is Cc1ccc([C@H](C)OC(=O)c2ccc3nncn3c2)cc1[N+](=O)[O-]. The average Bonchev–Trinajstić information content (AvgIpc) is 3.02. The van der Waals surface area contributed by atoms with E-state index >= 15 is 0 Å². The highest BCUT2D eigenvalue weighted by molar-refractivity contribution is 5.89. The fourth-order valence-electron chi connectivity index (χ4n) is 2.32. The maximum atomic E-state index is 12.3. The minimum Gasteiger partial charge on any atom is -0.454 e. The summed E-state index contributed by atoms with van der Waals surface area (Å²) in [5.41, 5.74) is 2.08. The fourth-order valence-corrected chi connectivity index (χ4v) is 2.32. The second kappa shape index (κ2) is 6.07. The molecule has 8 nitrogen and oxygen atoms in total. The van der Waals surface area contributed by atoms with Gasteiger partial charge in [0.05, 0.1) is 10.5 Å². The van der Waals surface area contributed by atoms with Crippen molar-refractivity contribution in [2.24, 2.45) is 0 Å². The van der Waals surface area contributed by atoms with Crippen molar-refractivity contribution in [1.82, 2.24) is 14.6 Å². The van der Waals surface area contributed by atoms with Crippen LogP contribution in [0, 0.1) is 17.0 Å². The van der Waals surface area contributed by atoms with E-state index in [1.54, 1.807) is 48.7 Å². The van der Waals surface area contributed by atoms with Crippen LogP contribution in [0.25, 0.3) is 5.65 Å². The molecule has 1 atom stereocenters. The highest BCUT2D eigenvalue weighted by atomic mass is 16.6. The molecule has 0 bridgehead atoms. The van der Waals surface area contributed by atoms with Gasteiger partial charge in [0, 0.05) is 17.8 Å². The Morgan fingerprint density at radius 1 is 1.33 bits per heavy atom. The van der Waals surface area contributed by atoms with Gasteiger partial charge in [-0.25, -0.2) is 4.79 Å². The van der Waals surface area contributed by atoms with Crippen LogP contribution in [-0.2, 0) is 4.74 Å². The predicted octanol–water partition coefficient (Wildman–Crippen LogP) is 2.86. The molecular weight excluding hydrogens is 312 g/mol. The summed E-state index contributed by atoms with van der Waals surface area (Å²) in [6, 6.07) is 8.03. The quantitative estimate of drug-likeness (QED) is 0.415. The van der Waals surface area contributed by atoms with Crippen molar-refractivity contribution in [2.45, 2.75) is 20.0 Å². The van der Waals surface area contributed by atoms with E-state index in [2.05, 4.69) is 10.2 Å². The smallest absolute Gasteiger partial charge is 0.340 e. The van der Waals surface area contributed by atoms with E-state index in [9.17, 15) is 14.9 Å². The Hall–Kier alpha value is -3.29. The lowest BCUT2D eigenvalue weighted by molar-refractivity contribution is -0.385. The predicted molar refractivity (Wildman–Crippen MR) is 84.7 cm³/mol. The highest BCUT2D eigenvalue weighted by Gasteiger charge is 2.18. The first kappa shape index (κ1) is 15.6. The summed E-state index contributed by atoms with van der Waals surface area (Å²) in [6.07, 6.45) is 2.44. The summed E-state index contributed by atoms with van der Waals surface area (Å²) >= 11 is 0. The molecule has 0 unspecified atom stereocenters. The number of fused-ring (bicyclic) bond motifs is 1. The van der Waals surface area contributed by atoms with E-state index in [1.807, 2.05) is 0 Å². The van der Waals surface area contributed by atoms with Gasteiger partial charge in [0.1, 0.15) is 12.4 Å². The molecule has 3 rings (SSSR count). The third kappa shape index (κ3) is 2.94. The molecule has 122 valence electrons. The number of pyridine rings is 1. The van der Waals surface area contributed by atoms with Crippen LogP contribution in [0.15, 0.2) is 42.9 Å². The van der Waals surface area contributed by atoms with E-state index in [0.717, 1.165) is 0 Å². The zero-order valence-electron chi connectivity index (χ0n) is 13.0. The first-order valence-corrected chi connectivity index (χ1v) is 7.21. The number of aryl methyl sites for hydroxylation is 1. The van der Waals surface area contributed by atoms with E-state index < -0.39 is 17.0 Å². The van der Waals surface area contributed by atoms with Crippen molar-refractivity contribution >= 4 is 17.3 Å². The van der Waals surface area contributed by atoms with Crippen molar-refractivity contribution < 1.29 is 14.5 Å². The van der Waals surface area contributed by atoms with Crippen LogP contribution in [0.1, 0.15) is 34.5 Å². The van der Waals surface area contributed by atoms with Gasteiger partial charge >= 0.3 is 5.97 Å². The molecule has 0 aliphatic heterocycles. The second-order valence-corrected chi connectivity index (χ2v) is 5.36. The van der Waals surface area contributed by atoms with Gasteiger partial charge in [-0.05, 0) is 31.5 Å². The Kier molecular flexibility index (Phi) is 3.95. The molecule has 0 radical (unpaired) electrons. The number of hydrogen-bond donors (Lipinski definition) is 0. The van der Waals surface area contributed by atoms with Crippen LogP contribution in [0.3, 0.4) is 0 Å². The lowest BCUT2D eigenvalue weighted by atomic mass is 10.1. The summed E-state index contributed by atoms with van der Waals surface area (Å²) in [7, 11) is 0. The maximum absolute atomic E-state index is 12.3. The lowest BCUT2D eigenvalue weighted by Crippen LogP contribution is -2.10. The number of nitro benzene ring substituents is 1. The number of nitro groups is 1. The van der Waals surface area contributed by atoms with Crippen LogP contribution >= 0.6 is 0 Å². The number of carbonyl (C=O) groups is 1. The summed E-state index contributed by atoms with van der Waals surface area (Å²) in [5, 5.41) is 18.6. The topological polar surface area (TPSA) is 99.6 Å². The molecule has 8 heteroatoms. The highest BCUT2D eigenvalue weighted by Crippen LogP contribution is 2.25. The van der Waals surface area contributed by atoms with Crippen LogP contribution in [0.2, 0.25) is 0 Å². The van der Waals surface area contributed by atoms with Gasteiger partial charge in [-0.2, -0.15) is 0 Å². The Morgan fingerprint density at radius 3 is 2.88 bits per heavy atom. The van der Waals surface area contributed by atoms with Crippen LogP contribution in [0.5, 0.6) is 0 Å². The molecular formula is C16H14N4O4. The van der Waals surface area contributed by atoms with Crippen molar-refractivity contribution in [2.75, 3.05) is 0 Å². The third-order valence-corrected chi connectivity index (χ3v) is 3.71. The number of hydrogen-bond acceptors (Lipinski definition) is 6. The molecule has 1 aromatic carbocycles. The van der Waals surface area contributed by atoms with Gasteiger partial charge in [0.2, 0.25) is 0 Å². The number of aromatic nitrogens is 3. The van der Waals surface area contributed by atoms with Gasteiger partial charge in [0.25, 0.3) is 5.69 Å². The molecule has 3 aromatic rings. The molecule has 2 heterocycles. The molecule has 0 aliphatic rings. The minimum absolute atomic E-state index is 0.00121. The molecule has 0 amide bonds. The Balaban J connectivity index is 1.80. The number of nitrogens with zero attached hydrogens (tertiary/aromatic N) is 4. The normalized spacial score (nSPS) is 12.1. The van der Waals surface area contributed by atoms with Gasteiger partial charge in [-0.3, -0.25) is 14.5 Å². The largest absolute Gasteiger partial charge is 0.454 e. The first-order chi connectivity index (χ1) is 11.5. The van der Waals surface area contributed by atoms with E-state index in [4.69, 9.17) is 4.74 Å².